The van der Waals surface area contributed by atoms with Crippen molar-refractivity contribution in [2.75, 3.05) is 24.7 Å². The molecule has 1 heterocycles. The van der Waals surface area contributed by atoms with Gasteiger partial charge in [0.05, 0.1) is 13.2 Å². The first-order valence-corrected chi connectivity index (χ1v) is 12.3. The van der Waals surface area contributed by atoms with E-state index in [0.717, 1.165) is 43.2 Å². The molecule has 1 saturated carbocycles. The van der Waals surface area contributed by atoms with Gasteiger partial charge in [0.15, 0.2) is 0 Å². The molecule has 2 amide bonds. The molecule has 7 heteroatoms. The number of ether oxygens (including phenoxy) is 1. The molecule has 34 heavy (non-hydrogen) atoms. The highest BCUT2D eigenvalue weighted by Gasteiger charge is 2.35. The van der Waals surface area contributed by atoms with Gasteiger partial charge in [-0.1, -0.05) is 49.6 Å². The number of anilines is 1. The number of nitrogens with one attached hydrogen (secondary N) is 2. The molecule has 1 aliphatic carbocycles. The van der Waals surface area contributed by atoms with Crippen molar-refractivity contribution in [1.29, 1.82) is 0 Å². The molecule has 4 rings (SSSR count). The molecule has 1 aliphatic heterocycles. The van der Waals surface area contributed by atoms with Crippen LogP contribution in [0.5, 0.6) is 0 Å². The largest absolute Gasteiger partial charge is 0.380 e. The minimum absolute atomic E-state index is 0.0314. The summed E-state index contributed by atoms with van der Waals surface area (Å²) in [6, 6.07) is 12.8. The lowest BCUT2D eigenvalue weighted by Gasteiger charge is -2.34. The normalized spacial score (nSPS) is 19.5. The van der Waals surface area contributed by atoms with Crippen LogP contribution in [-0.2, 0) is 14.3 Å². The van der Waals surface area contributed by atoms with Crippen LogP contribution in [0.4, 0.5) is 10.1 Å². The van der Waals surface area contributed by atoms with E-state index >= 15 is 0 Å². The Hall–Kier alpha value is -2.77. The molecule has 182 valence electrons. The summed E-state index contributed by atoms with van der Waals surface area (Å²) in [7, 11) is 0. The van der Waals surface area contributed by atoms with Crippen LogP contribution in [0.15, 0.2) is 48.5 Å². The monoisotopic (exact) mass is 467 g/mol. The van der Waals surface area contributed by atoms with Gasteiger partial charge in [0, 0.05) is 24.4 Å². The van der Waals surface area contributed by atoms with E-state index < -0.39 is 11.9 Å². The summed E-state index contributed by atoms with van der Waals surface area (Å²) in [5.74, 6) is -0.976. The second-order valence-electron chi connectivity index (χ2n) is 9.29. The van der Waals surface area contributed by atoms with E-state index in [9.17, 15) is 14.0 Å². The topological polar surface area (TPSA) is 70.7 Å². The maximum Gasteiger partial charge on any atom is 0.248 e. The van der Waals surface area contributed by atoms with Crippen molar-refractivity contribution in [3.63, 3.8) is 0 Å². The van der Waals surface area contributed by atoms with E-state index in [4.69, 9.17) is 4.74 Å². The SMILES string of the molecule is Cc1ccccc1C(C(=O)NC1CCCCC1)N(C(=O)CNC1CCOC1)c1cccc(F)c1. The van der Waals surface area contributed by atoms with Crippen molar-refractivity contribution < 1.29 is 18.7 Å². The van der Waals surface area contributed by atoms with Crippen LogP contribution < -0.4 is 15.5 Å². The van der Waals surface area contributed by atoms with E-state index in [-0.39, 0.29) is 30.4 Å². The first-order valence-electron chi connectivity index (χ1n) is 12.3. The fourth-order valence-corrected chi connectivity index (χ4v) is 4.89. The third-order valence-corrected chi connectivity index (χ3v) is 6.77. The molecule has 2 fully saturated rings. The number of nitrogens with zero attached hydrogens (tertiary/aromatic N) is 1. The van der Waals surface area contributed by atoms with E-state index in [2.05, 4.69) is 10.6 Å². The zero-order valence-corrected chi connectivity index (χ0v) is 19.8. The van der Waals surface area contributed by atoms with Crippen molar-refractivity contribution in [2.45, 2.75) is 63.6 Å². The Labute approximate surface area is 200 Å². The molecule has 6 nitrogen and oxygen atoms in total. The molecule has 0 radical (unpaired) electrons. The van der Waals surface area contributed by atoms with Gasteiger partial charge in [0.1, 0.15) is 11.9 Å². The molecular weight excluding hydrogens is 433 g/mol. The van der Waals surface area contributed by atoms with Crippen molar-refractivity contribution >= 4 is 17.5 Å². The van der Waals surface area contributed by atoms with Crippen LogP contribution >= 0.6 is 0 Å². The summed E-state index contributed by atoms with van der Waals surface area (Å²) < 4.78 is 19.7. The molecule has 2 aliphatic rings. The third kappa shape index (κ3) is 6.02. The van der Waals surface area contributed by atoms with Gasteiger partial charge in [-0.05, 0) is 55.5 Å². The average molecular weight is 468 g/mol. The summed E-state index contributed by atoms with van der Waals surface area (Å²) in [4.78, 5) is 28.9. The van der Waals surface area contributed by atoms with Gasteiger partial charge in [-0.15, -0.1) is 0 Å². The summed E-state index contributed by atoms with van der Waals surface area (Å²) >= 11 is 0. The summed E-state index contributed by atoms with van der Waals surface area (Å²) in [5, 5.41) is 6.44. The second-order valence-corrected chi connectivity index (χ2v) is 9.29. The van der Waals surface area contributed by atoms with Crippen LogP contribution in [0.25, 0.3) is 0 Å². The number of rotatable bonds is 8. The van der Waals surface area contributed by atoms with Crippen LogP contribution in [0, 0.1) is 12.7 Å². The van der Waals surface area contributed by atoms with Crippen molar-refractivity contribution in [2.24, 2.45) is 0 Å². The highest BCUT2D eigenvalue weighted by molar-refractivity contribution is 6.02. The predicted molar refractivity (Wildman–Crippen MR) is 130 cm³/mol. The number of halogens is 1. The standard InChI is InChI=1S/C27H34FN3O3/c1-19-8-5-6-13-24(19)26(27(33)30-21-10-3-2-4-11-21)31(23-12-7-9-20(28)16-23)25(32)17-29-22-14-15-34-18-22/h5-9,12-13,16,21-22,26,29H,2-4,10-11,14-15,17-18H2,1H3,(H,30,33). The highest BCUT2D eigenvalue weighted by atomic mass is 19.1. The Morgan fingerprint density at radius 2 is 1.85 bits per heavy atom. The third-order valence-electron chi connectivity index (χ3n) is 6.77. The molecule has 2 N–H and O–H groups in total. The molecular formula is C27H34FN3O3. The Bertz CT molecular complexity index is 987. The Kier molecular flexibility index (Phi) is 8.29. The molecule has 2 unspecified atom stereocenters. The van der Waals surface area contributed by atoms with Gasteiger partial charge in [-0.3, -0.25) is 14.5 Å². The second kappa shape index (κ2) is 11.6. The van der Waals surface area contributed by atoms with Crippen LogP contribution in [0.2, 0.25) is 0 Å². The van der Waals surface area contributed by atoms with Gasteiger partial charge >= 0.3 is 0 Å². The lowest BCUT2D eigenvalue weighted by atomic mass is 9.93. The first-order chi connectivity index (χ1) is 16.5. The smallest absolute Gasteiger partial charge is 0.248 e. The van der Waals surface area contributed by atoms with Gasteiger partial charge in [-0.25, -0.2) is 4.39 Å². The van der Waals surface area contributed by atoms with Crippen molar-refractivity contribution in [3.8, 4) is 0 Å². The quantitative estimate of drug-likeness (QED) is 0.615. The molecule has 2 atom stereocenters. The van der Waals surface area contributed by atoms with Crippen LogP contribution in [-0.4, -0.2) is 43.7 Å². The summed E-state index contributed by atoms with van der Waals surface area (Å²) in [6.45, 7) is 3.17. The van der Waals surface area contributed by atoms with Crippen LogP contribution in [0.1, 0.15) is 55.7 Å². The number of amides is 2. The molecule has 0 bridgehead atoms. The van der Waals surface area contributed by atoms with Crippen molar-refractivity contribution in [3.05, 3.63) is 65.5 Å². The van der Waals surface area contributed by atoms with Gasteiger partial charge in [-0.2, -0.15) is 0 Å². The van der Waals surface area contributed by atoms with E-state index in [0.29, 0.717) is 18.9 Å². The number of aryl methyl sites for hydroxylation is 1. The zero-order chi connectivity index (χ0) is 23.9. The molecule has 0 aromatic heterocycles. The maximum absolute atomic E-state index is 14.3. The lowest BCUT2D eigenvalue weighted by molar-refractivity contribution is -0.127. The lowest BCUT2D eigenvalue weighted by Crippen LogP contribution is -2.50. The Morgan fingerprint density at radius 1 is 1.06 bits per heavy atom. The fraction of sp³-hybridized carbons (Fsp3) is 0.481. The molecule has 1 saturated heterocycles. The maximum atomic E-state index is 14.3. The van der Waals surface area contributed by atoms with E-state index in [1.54, 1.807) is 12.1 Å². The number of hydrogen-bond donors (Lipinski definition) is 2. The molecule has 0 spiro atoms. The highest BCUT2D eigenvalue weighted by Crippen LogP contribution is 2.31. The van der Waals surface area contributed by atoms with Gasteiger partial charge in [0.2, 0.25) is 11.8 Å². The van der Waals surface area contributed by atoms with E-state index in [1.165, 1.54) is 23.5 Å². The zero-order valence-electron chi connectivity index (χ0n) is 19.8. The minimum Gasteiger partial charge on any atom is -0.380 e. The number of benzene rings is 2. The number of hydrogen-bond acceptors (Lipinski definition) is 4. The first kappa shape index (κ1) is 24.4. The summed E-state index contributed by atoms with van der Waals surface area (Å²) in [5.41, 5.74) is 2.00. The van der Waals surface area contributed by atoms with Gasteiger partial charge < -0.3 is 15.4 Å². The number of carbonyl (C=O) groups excluding carboxylic acids is 2. The molecule has 2 aromatic carbocycles. The summed E-state index contributed by atoms with van der Waals surface area (Å²) in [6.07, 6.45) is 6.04. The van der Waals surface area contributed by atoms with E-state index in [1.807, 2.05) is 31.2 Å². The van der Waals surface area contributed by atoms with Gasteiger partial charge in [0.25, 0.3) is 0 Å². The average Bonchev–Trinajstić information content (AvgIpc) is 3.36. The van der Waals surface area contributed by atoms with Crippen LogP contribution in [0.3, 0.4) is 0 Å². The predicted octanol–water partition coefficient (Wildman–Crippen LogP) is 4.04. The Morgan fingerprint density at radius 3 is 2.56 bits per heavy atom. The fourth-order valence-electron chi connectivity index (χ4n) is 4.89. The van der Waals surface area contributed by atoms with Crippen molar-refractivity contribution in [1.82, 2.24) is 10.6 Å². The minimum atomic E-state index is -0.904. The molecule has 2 aromatic rings. The number of carbonyl (C=O) groups is 2. The Balaban J connectivity index is 1.69.